The zero-order valence-corrected chi connectivity index (χ0v) is 10.3. The van der Waals surface area contributed by atoms with Gasteiger partial charge in [0, 0.05) is 12.1 Å². The van der Waals surface area contributed by atoms with Crippen molar-refractivity contribution in [3.05, 3.63) is 44.0 Å². The smallest absolute Gasteiger partial charge is 0.336 e. The molecule has 0 atom stereocenters. The van der Waals surface area contributed by atoms with Crippen LogP contribution in [0.25, 0.3) is 0 Å². The molecule has 1 rings (SSSR count). The van der Waals surface area contributed by atoms with E-state index in [1.54, 1.807) is 6.92 Å². The molecule has 0 radical (unpaired) electrons. The van der Waals surface area contributed by atoms with E-state index in [0.29, 0.717) is 6.07 Å². The summed E-state index contributed by atoms with van der Waals surface area (Å²) in [5.41, 5.74) is -1.74. The van der Waals surface area contributed by atoms with Crippen molar-refractivity contribution in [2.75, 3.05) is 6.61 Å². The second kappa shape index (κ2) is 8.17. The van der Waals surface area contributed by atoms with Crippen molar-refractivity contribution in [3.63, 3.8) is 0 Å². The maximum atomic E-state index is 10.5. The molecule has 0 aliphatic heterocycles. The number of rotatable bonds is 3. The Morgan fingerprint density at radius 3 is 1.85 bits per heavy atom. The summed E-state index contributed by atoms with van der Waals surface area (Å²) in [4.78, 5) is 29.4. The summed E-state index contributed by atoms with van der Waals surface area (Å²) in [5, 5.41) is 37.1. The van der Waals surface area contributed by atoms with Gasteiger partial charge < -0.3 is 10.2 Å². The summed E-state index contributed by atoms with van der Waals surface area (Å²) >= 11 is 0. The minimum atomic E-state index is -1.46. The average Bonchev–Trinajstić information content (AvgIpc) is 2.39. The first kappa shape index (κ1) is 17.0. The van der Waals surface area contributed by atoms with Gasteiger partial charge in [0.1, 0.15) is 6.61 Å². The van der Waals surface area contributed by atoms with Gasteiger partial charge in [-0.3, -0.25) is 20.2 Å². The summed E-state index contributed by atoms with van der Waals surface area (Å²) in [7, 11) is 0. The minimum Gasteiger partial charge on any atom is -0.478 e. The quantitative estimate of drug-likeness (QED) is 0.481. The number of carbonyl (C=O) groups is 1. The number of nitrogens with zero attached hydrogens (tertiary/aromatic N) is 2. The van der Waals surface area contributed by atoms with Gasteiger partial charge in [-0.1, -0.05) is 5.92 Å². The van der Waals surface area contributed by atoms with Crippen LogP contribution in [0.4, 0.5) is 11.4 Å². The lowest BCUT2D eigenvalue weighted by Gasteiger charge is -1.96. The highest BCUT2D eigenvalue weighted by atomic mass is 16.6. The van der Waals surface area contributed by atoms with Crippen LogP contribution in [0.1, 0.15) is 17.3 Å². The molecule has 9 nitrogen and oxygen atoms in total. The molecule has 1 aromatic carbocycles. The molecule has 0 aromatic heterocycles. The van der Waals surface area contributed by atoms with Crippen molar-refractivity contribution >= 4 is 17.3 Å². The van der Waals surface area contributed by atoms with Crippen molar-refractivity contribution in [3.8, 4) is 11.8 Å². The van der Waals surface area contributed by atoms with Crippen molar-refractivity contribution in [1.29, 1.82) is 0 Å². The Labute approximate surface area is 112 Å². The van der Waals surface area contributed by atoms with Crippen molar-refractivity contribution in [1.82, 2.24) is 0 Å². The molecule has 0 aliphatic carbocycles. The predicted molar refractivity (Wildman–Crippen MR) is 67.2 cm³/mol. The standard InChI is InChI=1S/C7H4N2O6.C4H6O/c10-7(11)4-1-5(8(12)13)3-6(2-4)9(14)15;1-2-3-4-5/h1-3H,(H,10,11);5H,4H2,1H3. The van der Waals surface area contributed by atoms with Crippen molar-refractivity contribution in [2.24, 2.45) is 0 Å². The number of aliphatic hydroxyl groups is 1. The number of nitro benzene ring substituents is 2. The molecule has 0 spiro atoms. The number of carboxylic acids is 1. The van der Waals surface area contributed by atoms with Gasteiger partial charge in [-0.15, -0.1) is 5.92 Å². The molecule has 0 saturated heterocycles. The highest BCUT2D eigenvalue weighted by Gasteiger charge is 2.19. The summed E-state index contributed by atoms with van der Waals surface area (Å²) in [5.74, 6) is 3.48. The van der Waals surface area contributed by atoms with Crippen LogP contribution in [0.3, 0.4) is 0 Å². The monoisotopic (exact) mass is 282 g/mol. The van der Waals surface area contributed by atoms with Crippen LogP contribution in [0.5, 0.6) is 0 Å². The van der Waals surface area contributed by atoms with E-state index in [0.717, 1.165) is 12.1 Å². The fourth-order valence-corrected chi connectivity index (χ4v) is 1.01. The molecule has 20 heavy (non-hydrogen) atoms. The number of carboxylic acid groups (broad SMARTS) is 1. The molecule has 9 heteroatoms. The number of aromatic carboxylic acids is 1. The Balaban J connectivity index is 0.000000621. The van der Waals surface area contributed by atoms with Crippen LogP contribution in [0, 0.1) is 32.1 Å². The van der Waals surface area contributed by atoms with E-state index in [-0.39, 0.29) is 6.61 Å². The SMILES string of the molecule is CC#CCO.O=C(O)c1cc([N+](=O)[O-])cc([N+](=O)[O-])c1. The number of nitro groups is 2. The van der Waals surface area contributed by atoms with Crippen LogP contribution in [0.2, 0.25) is 0 Å². The highest BCUT2D eigenvalue weighted by molar-refractivity contribution is 5.89. The lowest BCUT2D eigenvalue weighted by molar-refractivity contribution is -0.394. The van der Waals surface area contributed by atoms with E-state index in [2.05, 4.69) is 11.8 Å². The first-order chi connectivity index (χ1) is 9.33. The molecule has 106 valence electrons. The molecule has 0 fully saturated rings. The fourth-order valence-electron chi connectivity index (χ4n) is 1.01. The maximum Gasteiger partial charge on any atom is 0.336 e. The largest absolute Gasteiger partial charge is 0.478 e. The number of benzene rings is 1. The van der Waals surface area contributed by atoms with Crippen LogP contribution in [-0.2, 0) is 0 Å². The number of aliphatic hydroxyl groups excluding tert-OH is 1. The summed E-state index contributed by atoms with van der Waals surface area (Å²) in [6, 6.07) is 2.22. The van der Waals surface area contributed by atoms with E-state index in [4.69, 9.17) is 10.2 Å². The molecule has 0 saturated carbocycles. The number of hydrogen-bond donors (Lipinski definition) is 2. The Hall–Kier alpha value is -2.99. The average molecular weight is 282 g/mol. The Morgan fingerprint density at radius 2 is 1.65 bits per heavy atom. The summed E-state index contributed by atoms with van der Waals surface area (Å²) in [6.45, 7) is 1.67. The summed E-state index contributed by atoms with van der Waals surface area (Å²) < 4.78 is 0. The van der Waals surface area contributed by atoms with Crippen LogP contribution in [-0.4, -0.2) is 32.6 Å². The zero-order chi connectivity index (χ0) is 15.7. The van der Waals surface area contributed by atoms with Crippen molar-refractivity contribution < 1.29 is 24.9 Å². The van der Waals surface area contributed by atoms with Gasteiger partial charge in [-0.2, -0.15) is 0 Å². The second-order valence-electron chi connectivity index (χ2n) is 3.14. The third-order valence-electron chi connectivity index (χ3n) is 1.83. The lowest BCUT2D eigenvalue weighted by Crippen LogP contribution is -2.00. The normalized spacial score (nSPS) is 8.50. The van der Waals surface area contributed by atoms with E-state index >= 15 is 0 Å². The number of non-ortho nitro benzene ring substituents is 2. The third-order valence-corrected chi connectivity index (χ3v) is 1.83. The molecule has 1 aromatic rings. The fraction of sp³-hybridized carbons (Fsp3) is 0.182. The highest BCUT2D eigenvalue weighted by Crippen LogP contribution is 2.22. The molecule has 2 N–H and O–H groups in total. The second-order valence-corrected chi connectivity index (χ2v) is 3.14. The van der Waals surface area contributed by atoms with E-state index in [1.807, 2.05) is 0 Å². The first-order valence-corrected chi connectivity index (χ1v) is 5.01. The van der Waals surface area contributed by atoms with E-state index in [9.17, 15) is 25.0 Å². The van der Waals surface area contributed by atoms with E-state index in [1.165, 1.54) is 0 Å². The zero-order valence-electron chi connectivity index (χ0n) is 10.3. The minimum absolute atomic E-state index is 0.0174. The molecule has 0 unspecified atom stereocenters. The Kier molecular flexibility index (Phi) is 6.95. The molecule has 0 heterocycles. The van der Waals surface area contributed by atoms with Gasteiger partial charge in [0.15, 0.2) is 0 Å². The molecular formula is C11H10N2O7. The number of hydrogen-bond acceptors (Lipinski definition) is 6. The topological polar surface area (TPSA) is 144 Å². The predicted octanol–water partition coefficient (Wildman–Crippen LogP) is 1.20. The van der Waals surface area contributed by atoms with Gasteiger partial charge >= 0.3 is 5.97 Å². The molecule has 0 amide bonds. The van der Waals surface area contributed by atoms with Gasteiger partial charge in [-0.25, -0.2) is 4.79 Å². The van der Waals surface area contributed by atoms with E-state index < -0.39 is 32.8 Å². The van der Waals surface area contributed by atoms with Crippen LogP contribution < -0.4 is 0 Å². The lowest BCUT2D eigenvalue weighted by atomic mass is 10.2. The van der Waals surface area contributed by atoms with Gasteiger partial charge in [0.25, 0.3) is 11.4 Å². The first-order valence-electron chi connectivity index (χ1n) is 5.01. The maximum absolute atomic E-state index is 10.5. The molecule has 0 aliphatic rings. The third kappa shape index (κ3) is 5.56. The van der Waals surface area contributed by atoms with Gasteiger partial charge in [0.2, 0.25) is 0 Å². The Morgan fingerprint density at radius 1 is 1.20 bits per heavy atom. The Bertz CT molecular complexity index is 507. The van der Waals surface area contributed by atoms with Crippen molar-refractivity contribution in [2.45, 2.75) is 6.92 Å². The van der Waals surface area contributed by atoms with Crippen LogP contribution >= 0.6 is 0 Å². The molecule has 0 bridgehead atoms. The van der Waals surface area contributed by atoms with Crippen LogP contribution in [0.15, 0.2) is 18.2 Å². The molecular weight excluding hydrogens is 272 g/mol. The van der Waals surface area contributed by atoms with Gasteiger partial charge in [-0.05, 0) is 6.92 Å². The summed E-state index contributed by atoms with van der Waals surface area (Å²) in [6.07, 6.45) is 0. The van der Waals surface area contributed by atoms with Gasteiger partial charge in [0.05, 0.1) is 21.5 Å².